The van der Waals surface area contributed by atoms with Crippen LogP contribution in [0.2, 0.25) is 0 Å². The standard InChI is InChI=1S/C14H16N2O4/c1-10-8-12(17)16(13(10)18)15(2)14(19)20-9-11-6-4-3-5-7-11/h3-7,10H,8-9H2,1-2H3/t10-/m0/s1. The van der Waals surface area contributed by atoms with E-state index in [1.54, 1.807) is 6.92 Å². The molecular weight excluding hydrogens is 260 g/mol. The minimum absolute atomic E-state index is 0.0930. The number of hydrazine groups is 1. The number of imide groups is 1. The maximum Gasteiger partial charge on any atom is 0.429 e. The molecule has 0 aromatic heterocycles. The molecule has 3 amide bonds. The van der Waals surface area contributed by atoms with Crippen molar-refractivity contribution in [2.75, 3.05) is 7.05 Å². The average molecular weight is 276 g/mol. The summed E-state index contributed by atoms with van der Waals surface area (Å²) in [6, 6.07) is 9.17. The Balaban J connectivity index is 1.95. The molecule has 1 aromatic rings. The van der Waals surface area contributed by atoms with E-state index < -0.39 is 12.0 Å². The summed E-state index contributed by atoms with van der Waals surface area (Å²) in [6.45, 7) is 1.75. The fourth-order valence-electron chi connectivity index (χ4n) is 1.98. The summed E-state index contributed by atoms with van der Waals surface area (Å²) < 4.78 is 5.08. The molecule has 0 unspecified atom stereocenters. The molecule has 6 nitrogen and oxygen atoms in total. The summed E-state index contributed by atoms with van der Waals surface area (Å²) in [5.41, 5.74) is 0.835. The Morgan fingerprint density at radius 2 is 2.00 bits per heavy atom. The Morgan fingerprint density at radius 3 is 2.55 bits per heavy atom. The highest BCUT2D eigenvalue weighted by molar-refractivity contribution is 6.04. The fraction of sp³-hybridized carbons (Fsp3) is 0.357. The minimum Gasteiger partial charge on any atom is -0.443 e. The maximum absolute atomic E-state index is 11.9. The molecule has 0 aliphatic carbocycles. The lowest BCUT2D eigenvalue weighted by Gasteiger charge is -2.25. The van der Waals surface area contributed by atoms with Gasteiger partial charge in [0.15, 0.2) is 0 Å². The maximum atomic E-state index is 11.9. The van der Waals surface area contributed by atoms with Crippen LogP contribution in [0.1, 0.15) is 18.9 Å². The molecule has 1 aliphatic rings. The van der Waals surface area contributed by atoms with Crippen molar-refractivity contribution in [2.24, 2.45) is 5.92 Å². The molecule has 6 heteroatoms. The van der Waals surface area contributed by atoms with E-state index in [0.29, 0.717) is 0 Å². The monoisotopic (exact) mass is 276 g/mol. The lowest BCUT2D eigenvalue weighted by Crippen LogP contribution is -2.47. The average Bonchev–Trinajstić information content (AvgIpc) is 2.70. The van der Waals surface area contributed by atoms with Crippen LogP contribution in [0.3, 0.4) is 0 Å². The van der Waals surface area contributed by atoms with Gasteiger partial charge in [0.2, 0.25) is 5.91 Å². The Labute approximate surface area is 116 Å². The van der Waals surface area contributed by atoms with Gasteiger partial charge in [0, 0.05) is 19.4 Å². The molecule has 2 rings (SSSR count). The number of amides is 3. The molecule has 0 bridgehead atoms. The molecule has 1 atom stereocenters. The number of benzene rings is 1. The number of hydrogen-bond donors (Lipinski definition) is 0. The molecule has 0 radical (unpaired) electrons. The quantitative estimate of drug-likeness (QED) is 0.786. The molecule has 1 aliphatic heterocycles. The Morgan fingerprint density at radius 1 is 1.35 bits per heavy atom. The zero-order valence-corrected chi connectivity index (χ0v) is 11.4. The number of carbonyl (C=O) groups is 3. The summed E-state index contributed by atoms with van der Waals surface area (Å²) in [5.74, 6) is -1.16. The predicted octanol–water partition coefficient (Wildman–Crippen LogP) is 1.56. The van der Waals surface area contributed by atoms with Crippen LogP contribution in [0.15, 0.2) is 30.3 Å². The van der Waals surface area contributed by atoms with E-state index in [1.807, 2.05) is 30.3 Å². The summed E-state index contributed by atoms with van der Waals surface area (Å²) >= 11 is 0. The van der Waals surface area contributed by atoms with Crippen LogP contribution in [0, 0.1) is 5.92 Å². The first-order valence-electron chi connectivity index (χ1n) is 6.32. The first-order valence-corrected chi connectivity index (χ1v) is 6.32. The summed E-state index contributed by atoms with van der Waals surface area (Å²) in [4.78, 5) is 35.3. The molecule has 0 N–H and O–H groups in total. The van der Waals surface area contributed by atoms with Gasteiger partial charge in [-0.1, -0.05) is 37.3 Å². The SMILES string of the molecule is C[C@H]1CC(=O)N(N(C)C(=O)OCc2ccccc2)C1=O. The van der Waals surface area contributed by atoms with E-state index in [4.69, 9.17) is 4.74 Å². The smallest absolute Gasteiger partial charge is 0.429 e. The van der Waals surface area contributed by atoms with Crippen LogP contribution >= 0.6 is 0 Å². The second kappa shape index (κ2) is 5.73. The van der Waals surface area contributed by atoms with E-state index in [-0.39, 0.29) is 24.8 Å². The van der Waals surface area contributed by atoms with Crippen molar-refractivity contribution in [3.05, 3.63) is 35.9 Å². The third kappa shape index (κ3) is 2.79. The van der Waals surface area contributed by atoms with E-state index in [9.17, 15) is 14.4 Å². The van der Waals surface area contributed by atoms with Crippen molar-refractivity contribution in [2.45, 2.75) is 20.0 Å². The Hall–Kier alpha value is -2.37. The van der Waals surface area contributed by atoms with Gasteiger partial charge >= 0.3 is 6.09 Å². The van der Waals surface area contributed by atoms with Crippen molar-refractivity contribution >= 4 is 17.9 Å². The molecule has 106 valence electrons. The first-order chi connectivity index (χ1) is 9.50. The molecule has 1 saturated heterocycles. The number of nitrogens with zero attached hydrogens (tertiary/aromatic N) is 2. The molecule has 0 spiro atoms. The molecule has 1 aromatic carbocycles. The van der Waals surface area contributed by atoms with Crippen molar-refractivity contribution in [3.8, 4) is 0 Å². The highest BCUT2D eigenvalue weighted by Gasteiger charge is 2.40. The van der Waals surface area contributed by atoms with Gasteiger partial charge in [0.05, 0.1) is 0 Å². The number of rotatable bonds is 3. The fourth-order valence-corrected chi connectivity index (χ4v) is 1.98. The summed E-state index contributed by atoms with van der Waals surface area (Å²) in [7, 11) is 1.35. The largest absolute Gasteiger partial charge is 0.443 e. The van der Waals surface area contributed by atoms with Crippen LogP contribution < -0.4 is 0 Å². The number of carbonyl (C=O) groups excluding carboxylic acids is 3. The lowest BCUT2D eigenvalue weighted by atomic mass is 10.1. The van der Waals surface area contributed by atoms with E-state index in [0.717, 1.165) is 15.6 Å². The highest BCUT2D eigenvalue weighted by Crippen LogP contribution is 2.20. The van der Waals surface area contributed by atoms with Gasteiger partial charge in [0.25, 0.3) is 5.91 Å². The van der Waals surface area contributed by atoms with E-state index >= 15 is 0 Å². The predicted molar refractivity (Wildman–Crippen MR) is 70.0 cm³/mol. The topological polar surface area (TPSA) is 66.9 Å². The molecule has 1 heterocycles. The van der Waals surface area contributed by atoms with Crippen molar-refractivity contribution < 1.29 is 19.1 Å². The van der Waals surface area contributed by atoms with E-state index in [1.165, 1.54) is 7.05 Å². The van der Waals surface area contributed by atoms with Gasteiger partial charge in [-0.05, 0) is 5.56 Å². The van der Waals surface area contributed by atoms with Crippen molar-refractivity contribution in [1.82, 2.24) is 10.0 Å². The first kappa shape index (κ1) is 14.0. The number of ether oxygens (including phenoxy) is 1. The van der Waals surface area contributed by atoms with E-state index in [2.05, 4.69) is 0 Å². The highest BCUT2D eigenvalue weighted by atomic mass is 16.6. The van der Waals surface area contributed by atoms with Gasteiger partial charge in [-0.25, -0.2) is 9.80 Å². The lowest BCUT2D eigenvalue weighted by molar-refractivity contribution is -0.153. The zero-order chi connectivity index (χ0) is 14.7. The van der Waals surface area contributed by atoms with Gasteiger partial charge in [-0.15, -0.1) is 0 Å². The van der Waals surface area contributed by atoms with Crippen molar-refractivity contribution in [1.29, 1.82) is 0 Å². The summed E-state index contributed by atoms with van der Waals surface area (Å²) in [6.07, 6.45) is -0.612. The van der Waals surface area contributed by atoms with Crippen LogP contribution in [-0.2, 0) is 20.9 Å². The van der Waals surface area contributed by atoms with Gasteiger partial charge in [-0.3, -0.25) is 9.59 Å². The molecule has 1 fully saturated rings. The van der Waals surface area contributed by atoms with Crippen LogP contribution in [-0.4, -0.2) is 35.0 Å². The van der Waals surface area contributed by atoms with Gasteiger partial charge in [-0.2, -0.15) is 5.01 Å². The molecule has 0 saturated carbocycles. The van der Waals surface area contributed by atoms with Gasteiger partial charge in [0.1, 0.15) is 6.61 Å². The molecule has 20 heavy (non-hydrogen) atoms. The van der Waals surface area contributed by atoms with Crippen molar-refractivity contribution in [3.63, 3.8) is 0 Å². The molecular formula is C14H16N2O4. The second-order valence-electron chi connectivity index (χ2n) is 4.71. The Kier molecular flexibility index (Phi) is 4.02. The third-order valence-corrected chi connectivity index (χ3v) is 3.12. The van der Waals surface area contributed by atoms with Crippen LogP contribution in [0.25, 0.3) is 0 Å². The Bertz CT molecular complexity index is 529. The van der Waals surface area contributed by atoms with Crippen LogP contribution in [0.5, 0.6) is 0 Å². The minimum atomic E-state index is -0.732. The number of hydrogen-bond acceptors (Lipinski definition) is 4. The zero-order valence-electron chi connectivity index (χ0n) is 11.4. The van der Waals surface area contributed by atoms with Crippen LogP contribution in [0.4, 0.5) is 4.79 Å². The second-order valence-corrected chi connectivity index (χ2v) is 4.71. The third-order valence-electron chi connectivity index (χ3n) is 3.12. The summed E-state index contributed by atoms with van der Waals surface area (Å²) in [5, 5.41) is 1.77. The van der Waals surface area contributed by atoms with Gasteiger partial charge < -0.3 is 4.74 Å². The normalized spacial score (nSPS) is 18.3.